The molecule has 186 valence electrons. The van der Waals surface area contributed by atoms with Crippen LogP contribution in [0.3, 0.4) is 0 Å². The summed E-state index contributed by atoms with van der Waals surface area (Å²) < 4.78 is 19.0. The van der Waals surface area contributed by atoms with Crippen LogP contribution in [0.25, 0.3) is 0 Å². The third-order valence-corrected chi connectivity index (χ3v) is 9.20. The lowest BCUT2D eigenvalue weighted by atomic mass is 9.46. The fourth-order valence-electron chi connectivity index (χ4n) is 8.00. The SMILES string of the molecule is COc1cc(C[C@]2(CCC(=O)N[C@H](C)C34C[C@H]5C[C@@H](CC(O)(C5)C3)C4)CCC(=O)N2)ccc1F. The van der Waals surface area contributed by atoms with Crippen molar-refractivity contribution in [3.63, 3.8) is 0 Å². The van der Waals surface area contributed by atoms with Crippen molar-refractivity contribution in [3.8, 4) is 5.75 Å². The number of halogens is 1. The molecule has 1 aromatic carbocycles. The molecule has 4 saturated carbocycles. The molecule has 1 aliphatic heterocycles. The predicted molar refractivity (Wildman–Crippen MR) is 126 cm³/mol. The van der Waals surface area contributed by atoms with Gasteiger partial charge in [-0.05, 0) is 99.7 Å². The van der Waals surface area contributed by atoms with Gasteiger partial charge in [0.25, 0.3) is 0 Å². The van der Waals surface area contributed by atoms with E-state index in [1.165, 1.54) is 19.6 Å². The highest BCUT2D eigenvalue weighted by Gasteiger charge is 2.59. The van der Waals surface area contributed by atoms with Crippen molar-refractivity contribution < 1.29 is 23.8 Å². The summed E-state index contributed by atoms with van der Waals surface area (Å²) in [6.07, 6.45) is 8.50. The van der Waals surface area contributed by atoms with E-state index in [2.05, 4.69) is 17.6 Å². The zero-order valence-electron chi connectivity index (χ0n) is 20.3. The Bertz CT molecular complexity index is 967. The second kappa shape index (κ2) is 8.51. The molecule has 1 heterocycles. The maximum atomic E-state index is 13.8. The zero-order chi connectivity index (χ0) is 24.1. The lowest BCUT2D eigenvalue weighted by Gasteiger charge is -2.62. The second-order valence-electron chi connectivity index (χ2n) is 11.8. The van der Waals surface area contributed by atoms with E-state index in [0.29, 0.717) is 43.9 Å². The van der Waals surface area contributed by atoms with Gasteiger partial charge >= 0.3 is 0 Å². The van der Waals surface area contributed by atoms with Crippen molar-refractivity contribution in [2.24, 2.45) is 17.3 Å². The first kappa shape index (κ1) is 23.6. The summed E-state index contributed by atoms with van der Waals surface area (Å²) in [6.45, 7) is 2.10. The molecule has 0 unspecified atom stereocenters. The van der Waals surface area contributed by atoms with E-state index in [-0.39, 0.29) is 29.0 Å². The van der Waals surface area contributed by atoms with Gasteiger partial charge in [-0.25, -0.2) is 4.39 Å². The van der Waals surface area contributed by atoms with Gasteiger partial charge in [-0.15, -0.1) is 0 Å². The number of hydrogen-bond acceptors (Lipinski definition) is 4. The summed E-state index contributed by atoms with van der Waals surface area (Å²) in [7, 11) is 1.43. The monoisotopic (exact) mass is 472 g/mol. The molecule has 4 atom stereocenters. The van der Waals surface area contributed by atoms with Crippen LogP contribution in [0.4, 0.5) is 4.39 Å². The Hall–Kier alpha value is -2.15. The third kappa shape index (κ3) is 4.43. The third-order valence-electron chi connectivity index (χ3n) is 9.20. The van der Waals surface area contributed by atoms with Gasteiger partial charge in [0.15, 0.2) is 11.6 Å². The molecule has 0 spiro atoms. The smallest absolute Gasteiger partial charge is 0.220 e. The van der Waals surface area contributed by atoms with E-state index in [1.807, 2.05) is 0 Å². The quantitative estimate of drug-likeness (QED) is 0.539. The predicted octanol–water partition coefficient (Wildman–Crippen LogP) is 3.64. The Morgan fingerprint density at radius 1 is 1.29 bits per heavy atom. The highest BCUT2D eigenvalue weighted by atomic mass is 19.1. The molecule has 3 N–H and O–H groups in total. The molecule has 2 amide bonds. The molecular weight excluding hydrogens is 435 g/mol. The minimum atomic E-state index is -0.544. The van der Waals surface area contributed by atoms with Crippen LogP contribution >= 0.6 is 0 Å². The van der Waals surface area contributed by atoms with Crippen molar-refractivity contribution in [1.82, 2.24) is 10.6 Å². The first-order chi connectivity index (χ1) is 16.1. The maximum Gasteiger partial charge on any atom is 0.220 e. The van der Waals surface area contributed by atoms with E-state index in [4.69, 9.17) is 4.74 Å². The fraction of sp³-hybridized carbons (Fsp3) is 0.704. The molecule has 34 heavy (non-hydrogen) atoms. The van der Waals surface area contributed by atoms with Crippen LogP contribution in [0.1, 0.15) is 76.7 Å². The number of carbonyl (C=O) groups excluding carboxylic acids is 2. The van der Waals surface area contributed by atoms with E-state index in [1.54, 1.807) is 12.1 Å². The van der Waals surface area contributed by atoms with Gasteiger partial charge in [0.05, 0.1) is 12.7 Å². The van der Waals surface area contributed by atoms with E-state index in [9.17, 15) is 19.1 Å². The number of carbonyl (C=O) groups is 2. The standard InChI is InChI=1S/C27H37FN2O4/c1-17(25-11-19-9-20(12-25)15-27(33,14-19)16-25)29-23(31)5-7-26(8-6-24(32)30-26)13-18-3-4-21(28)22(10-18)34-2/h3-4,10,17,19-20,33H,5-9,11-16H2,1-2H3,(H,29,31)(H,30,32)/t17-,19-,20-,25?,26+,27?/m1/s1. The van der Waals surface area contributed by atoms with E-state index >= 15 is 0 Å². The Morgan fingerprint density at radius 3 is 2.65 bits per heavy atom. The molecular formula is C27H37FN2O4. The number of hydrogen-bond donors (Lipinski definition) is 3. The van der Waals surface area contributed by atoms with Crippen LogP contribution in [0.15, 0.2) is 18.2 Å². The van der Waals surface area contributed by atoms with Crippen LogP contribution in [0.5, 0.6) is 5.75 Å². The number of methoxy groups -OCH3 is 1. The number of nitrogens with one attached hydrogen (secondary N) is 2. The lowest BCUT2D eigenvalue weighted by Crippen LogP contribution is -2.61. The number of benzene rings is 1. The van der Waals surface area contributed by atoms with Crippen LogP contribution in [0, 0.1) is 23.1 Å². The topological polar surface area (TPSA) is 87.7 Å². The molecule has 1 saturated heterocycles. The molecule has 4 aliphatic carbocycles. The number of aliphatic hydroxyl groups is 1. The highest BCUT2D eigenvalue weighted by molar-refractivity contribution is 5.80. The van der Waals surface area contributed by atoms with Crippen molar-refractivity contribution in [2.75, 3.05) is 7.11 Å². The van der Waals surface area contributed by atoms with Gasteiger partial charge in [-0.1, -0.05) is 6.07 Å². The molecule has 5 fully saturated rings. The molecule has 0 radical (unpaired) electrons. The maximum absolute atomic E-state index is 13.8. The summed E-state index contributed by atoms with van der Waals surface area (Å²) in [5.74, 6) is 0.905. The van der Waals surface area contributed by atoms with E-state index in [0.717, 1.165) is 37.7 Å². The molecule has 0 aromatic heterocycles. The Kier molecular flexibility index (Phi) is 5.90. The number of rotatable bonds is 8. The minimum absolute atomic E-state index is 0.00157. The molecule has 4 bridgehead atoms. The summed E-state index contributed by atoms with van der Waals surface area (Å²) in [6, 6.07) is 4.78. The van der Waals surface area contributed by atoms with Crippen molar-refractivity contribution in [2.45, 2.75) is 94.7 Å². The van der Waals surface area contributed by atoms with Crippen molar-refractivity contribution in [3.05, 3.63) is 29.6 Å². The van der Waals surface area contributed by atoms with Crippen molar-refractivity contribution >= 4 is 11.8 Å². The first-order valence-corrected chi connectivity index (χ1v) is 12.8. The number of ether oxygens (including phenoxy) is 1. The number of amides is 2. The molecule has 5 aliphatic rings. The lowest BCUT2D eigenvalue weighted by molar-refractivity contribution is -0.173. The second-order valence-corrected chi connectivity index (χ2v) is 11.8. The van der Waals surface area contributed by atoms with Gasteiger partial charge < -0.3 is 20.5 Å². The first-order valence-electron chi connectivity index (χ1n) is 12.8. The molecule has 6 nitrogen and oxygen atoms in total. The van der Waals surface area contributed by atoms with Gasteiger partial charge in [-0.2, -0.15) is 0 Å². The van der Waals surface area contributed by atoms with Crippen LogP contribution in [0.2, 0.25) is 0 Å². The van der Waals surface area contributed by atoms with Gasteiger partial charge in [0.2, 0.25) is 11.8 Å². The minimum Gasteiger partial charge on any atom is -0.494 e. The molecule has 1 aromatic rings. The fourth-order valence-corrected chi connectivity index (χ4v) is 8.00. The van der Waals surface area contributed by atoms with Crippen molar-refractivity contribution in [1.29, 1.82) is 0 Å². The van der Waals surface area contributed by atoms with Crippen LogP contribution < -0.4 is 15.4 Å². The average Bonchev–Trinajstić information content (AvgIpc) is 3.12. The Balaban J connectivity index is 1.23. The Morgan fingerprint density at radius 2 is 2.03 bits per heavy atom. The van der Waals surface area contributed by atoms with Crippen LogP contribution in [-0.2, 0) is 16.0 Å². The van der Waals surface area contributed by atoms with Gasteiger partial charge in [0, 0.05) is 24.4 Å². The average molecular weight is 473 g/mol. The molecule has 6 rings (SSSR count). The highest BCUT2D eigenvalue weighted by Crippen LogP contribution is 2.62. The van der Waals surface area contributed by atoms with E-state index < -0.39 is 17.0 Å². The zero-order valence-corrected chi connectivity index (χ0v) is 20.3. The Labute approximate surface area is 201 Å². The largest absolute Gasteiger partial charge is 0.494 e. The van der Waals surface area contributed by atoms with Gasteiger partial charge in [0.1, 0.15) is 0 Å². The molecule has 7 heteroatoms. The van der Waals surface area contributed by atoms with Crippen LogP contribution in [-0.4, -0.2) is 41.2 Å². The summed E-state index contributed by atoms with van der Waals surface area (Å²) in [5.41, 5.74) is -0.192. The summed E-state index contributed by atoms with van der Waals surface area (Å²) in [5, 5.41) is 17.4. The normalized spacial score (nSPS) is 36.9. The summed E-state index contributed by atoms with van der Waals surface area (Å²) in [4.78, 5) is 25.2. The summed E-state index contributed by atoms with van der Waals surface area (Å²) >= 11 is 0. The van der Waals surface area contributed by atoms with Gasteiger partial charge in [-0.3, -0.25) is 9.59 Å².